The van der Waals surface area contributed by atoms with Crippen molar-refractivity contribution in [1.29, 1.82) is 0 Å². The lowest BCUT2D eigenvalue weighted by atomic mass is 10.1. The fourth-order valence-electron chi connectivity index (χ4n) is 2.10. The molecule has 0 amide bonds. The van der Waals surface area contributed by atoms with Gasteiger partial charge in [-0.25, -0.2) is 8.42 Å². The van der Waals surface area contributed by atoms with E-state index in [2.05, 4.69) is 31.0 Å². The van der Waals surface area contributed by atoms with Crippen molar-refractivity contribution < 1.29 is 8.42 Å². The van der Waals surface area contributed by atoms with Gasteiger partial charge in [-0.15, -0.1) is 0 Å². The molecular weight excluding hydrogens is 354 g/mol. The van der Waals surface area contributed by atoms with E-state index >= 15 is 0 Å². The number of halogens is 1. The minimum absolute atomic E-state index is 0.222. The maximum absolute atomic E-state index is 12.4. The highest BCUT2D eigenvalue weighted by molar-refractivity contribution is 9.10. The SMILES string of the molecule is CNCc1cc(S(=O)(=O)Nc2c(C)cc(C)cc2Br)c[nH]1. The summed E-state index contributed by atoms with van der Waals surface area (Å²) in [4.78, 5) is 3.17. The predicted molar refractivity (Wildman–Crippen MR) is 88.0 cm³/mol. The van der Waals surface area contributed by atoms with Gasteiger partial charge in [-0.2, -0.15) is 0 Å². The molecule has 2 rings (SSSR count). The van der Waals surface area contributed by atoms with Gasteiger partial charge in [0.05, 0.1) is 5.69 Å². The van der Waals surface area contributed by atoms with Crippen molar-refractivity contribution in [2.24, 2.45) is 0 Å². The molecule has 1 aromatic carbocycles. The summed E-state index contributed by atoms with van der Waals surface area (Å²) in [7, 11) is -1.80. The third kappa shape index (κ3) is 3.66. The molecule has 2 aromatic rings. The first-order valence-corrected chi connectivity index (χ1v) is 8.72. The minimum Gasteiger partial charge on any atom is -0.363 e. The van der Waals surface area contributed by atoms with Gasteiger partial charge in [0, 0.05) is 22.9 Å². The van der Waals surface area contributed by atoms with E-state index in [0.717, 1.165) is 21.3 Å². The van der Waals surface area contributed by atoms with Crippen molar-refractivity contribution in [3.63, 3.8) is 0 Å². The Balaban J connectivity index is 2.33. The van der Waals surface area contributed by atoms with Crippen LogP contribution in [-0.4, -0.2) is 20.4 Å². The molecule has 1 heterocycles. The number of aromatic amines is 1. The molecule has 5 nitrogen and oxygen atoms in total. The molecule has 7 heteroatoms. The largest absolute Gasteiger partial charge is 0.363 e. The Bertz CT molecular complexity index is 730. The number of anilines is 1. The van der Waals surface area contributed by atoms with Crippen molar-refractivity contribution in [1.82, 2.24) is 10.3 Å². The van der Waals surface area contributed by atoms with Crippen molar-refractivity contribution in [3.05, 3.63) is 45.7 Å². The second-order valence-electron chi connectivity index (χ2n) is 4.94. The highest BCUT2D eigenvalue weighted by Gasteiger charge is 2.18. The summed E-state index contributed by atoms with van der Waals surface area (Å²) in [5.41, 5.74) is 3.33. The lowest BCUT2D eigenvalue weighted by molar-refractivity contribution is 0.601. The van der Waals surface area contributed by atoms with Crippen LogP contribution in [-0.2, 0) is 16.6 Å². The van der Waals surface area contributed by atoms with E-state index in [1.54, 1.807) is 13.1 Å². The van der Waals surface area contributed by atoms with Gasteiger partial charge in [-0.05, 0) is 60.1 Å². The molecule has 0 fully saturated rings. The van der Waals surface area contributed by atoms with Gasteiger partial charge in [-0.1, -0.05) is 6.07 Å². The van der Waals surface area contributed by atoms with Crippen LogP contribution in [0, 0.1) is 13.8 Å². The standard InChI is InChI=1S/C14H18BrN3O2S/c1-9-4-10(2)14(13(15)5-9)18-21(19,20)12-6-11(7-16-3)17-8-12/h4-6,8,16-18H,7H2,1-3H3. The molecule has 0 bridgehead atoms. The lowest BCUT2D eigenvalue weighted by Crippen LogP contribution is -2.13. The monoisotopic (exact) mass is 371 g/mol. The first-order valence-electron chi connectivity index (χ1n) is 6.45. The first-order chi connectivity index (χ1) is 9.83. The number of hydrogen-bond donors (Lipinski definition) is 3. The summed E-state index contributed by atoms with van der Waals surface area (Å²) in [6.45, 7) is 4.42. The van der Waals surface area contributed by atoms with Crippen LogP contribution < -0.4 is 10.0 Å². The molecule has 114 valence electrons. The van der Waals surface area contributed by atoms with Gasteiger partial charge in [0.15, 0.2) is 0 Å². The molecule has 0 aliphatic carbocycles. The maximum Gasteiger partial charge on any atom is 0.263 e. The zero-order valence-corrected chi connectivity index (χ0v) is 14.5. The predicted octanol–water partition coefficient (Wildman–Crippen LogP) is 2.91. The molecule has 0 spiro atoms. The van der Waals surface area contributed by atoms with Gasteiger partial charge in [0.1, 0.15) is 4.90 Å². The third-order valence-corrected chi connectivity index (χ3v) is 5.02. The summed E-state index contributed by atoms with van der Waals surface area (Å²) >= 11 is 3.41. The van der Waals surface area contributed by atoms with Gasteiger partial charge >= 0.3 is 0 Å². The topological polar surface area (TPSA) is 74.0 Å². The smallest absolute Gasteiger partial charge is 0.263 e. The zero-order chi connectivity index (χ0) is 15.6. The van der Waals surface area contributed by atoms with Gasteiger partial charge < -0.3 is 10.3 Å². The summed E-state index contributed by atoms with van der Waals surface area (Å²) in [6.07, 6.45) is 1.49. The van der Waals surface area contributed by atoms with E-state index in [9.17, 15) is 8.42 Å². The molecule has 3 N–H and O–H groups in total. The second-order valence-corrected chi connectivity index (χ2v) is 7.47. The van der Waals surface area contributed by atoms with E-state index in [1.165, 1.54) is 6.20 Å². The maximum atomic E-state index is 12.4. The molecule has 21 heavy (non-hydrogen) atoms. The fraction of sp³-hybridized carbons (Fsp3) is 0.286. The van der Waals surface area contributed by atoms with Crippen LogP contribution in [0.5, 0.6) is 0 Å². The molecule has 0 radical (unpaired) electrons. The Morgan fingerprint density at radius 3 is 2.57 bits per heavy atom. The van der Waals surface area contributed by atoms with Gasteiger partial charge in [-0.3, -0.25) is 4.72 Å². The van der Waals surface area contributed by atoms with Crippen LogP contribution in [0.4, 0.5) is 5.69 Å². The molecule has 1 aromatic heterocycles. The number of sulfonamides is 1. The average Bonchev–Trinajstić information content (AvgIpc) is 2.84. The highest BCUT2D eigenvalue weighted by atomic mass is 79.9. The molecule has 0 aliphatic heterocycles. The zero-order valence-electron chi connectivity index (χ0n) is 12.1. The molecular formula is C14H18BrN3O2S. The third-order valence-electron chi connectivity index (χ3n) is 3.06. The van der Waals surface area contributed by atoms with Crippen LogP contribution >= 0.6 is 15.9 Å². The second kappa shape index (κ2) is 6.21. The highest BCUT2D eigenvalue weighted by Crippen LogP contribution is 2.30. The summed E-state index contributed by atoms with van der Waals surface area (Å²) in [5, 5.41) is 2.97. The van der Waals surface area contributed by atoms with Crippen LogP contribution in [0.1, 0.15) is 16.8 Å². The summed E-state index contributed by atoms with van der Waals surface area (Å²) in [6, 6.07) is 5.44. The Morgan fingerprint density at radius 1 is 1.24 bits per heavy atom. The van der Waals surface area contributed by atoms with Gasteiger partial charge in [0.25, 0.3) is 10.0 Å². The van der Waals surface area contributed by atoms with E-state index in [-0.39, 0.29) is 4.90 Å². The van der Waals surface area contributed by atoms with E-state index < -0.39 is 10.0 Å². The number of aromatic nitrogens is 1. The van der Waals surface area contributed by atoms with Crippen LogP contribution in [0.2, 0.25) is 0 Å². The van der Waals surface area contributed by atoms with Crippen LogP contribution in [0.25, 0.3) is 0 Å². The quantitative estimate of drug-likeness (QED) is 0.756. The number of aryl methyl sites for hydroxylation is 2. The number of nitrogens with one attached hydrogen (secondary N) is 3. The van der Waals surface area contributed by atoms with Crippen molar-refractivity contribution in [2.75, 3.05) is 11.8 Å². The minimum atomic E-state index is -3.61. The van der Waals surface area contributed by atoms with E-state index in [0.29, 0.717) is 12.2 Å². The van der Waals surface area contributed by atoms with E-state index in [1.807, 2.05) is 26.0 Å². The Morgan fingerprint density at radius 2 is 1.95 bits per heavy atom. The Kier molecular flexibility index (Phi) is 4.75. The number of hydrogen-bond acceptors (Lipinski definition) is 3. The van der Waals surface area contributed by atoms with Crippen molar-refractivity contribution in [2.45, 2.75) is 25.3 Å². The molecule has 0 unspecified atom stereocenters. The Labute approximate surface area is 133 Å². The summed E-state index contributed by atoms with van der Waals surface area (Å²) < 4.78 is 28.2. The normalized spacial score (nSPS) is 11.6. The van der Waals surface area contributed by atoms with E-state index in [4.69, 9.17) is 0 Å². The summed E-state index contributed by atoms with van der Waals surface area (Å²) in [5.74, 6) is 0. The number of rotatable bonds is 5. The number of benzene rings is 1. The van der Waals surface area contributed by atoms with Gasteiger partial charge in [0.2, 0.25) is 0 Å². The van der Waals surface area contributed by atoms with Crippen LogP contribution in [0.15, 0.2) is 33.8 Å². The average molecular weight is 372 g/mol. The fourth-order valence-corrected chi connectivity index (χ4v) is 4.18. The lowest BCUT2D eigenvalue weighted by Gasteiger charge is -2.12. The first kappa shape index (κ1) is 16.1. The van der Waals surface area contributed by atoms with Crippen LogP contribution in [0.3, 0.4) is 0 Å². The molecule has 0 atom stereocenters. The number of H-pyrrole nitrogens is 1. The van der Waals surface area contributed by atoms with Crippen molar-refractivity contribution >= 4 is 31.6 Å². The Hall–Kier alpha value is -1.31. The molecule has 0 saturated carbocycles. The molecule has 0 saturated heterocycles. The van der Waals surface area contributed by atoms with Crippen molar-refractivity contribution in [3.8, 4) is 0 Å². The molecule has 0 aliphatic rings.